The predicted octanol–water partition coefficient (Wildman–Crippen LogP) is 2.94. The summed E-state index contributed by atoms with van der Waals surface area (Å²) in [6.07, 6.45) is 2.49. The van der Waals surface area contributed by atoms with Crippen LogP contribution in [0.1, 0.15) is 12.7 Å². The molecule has 0 fully saturated rings. The van der Waals surface area contributed by atoms with Crippen molar-refractivity contribution in [1.82, 2.24) is 15.5 Å². The van der Waals surface area contributed by atoms with E-state index < -0.39 is 4.92 Å². The van der Waals surface area contributed by atoms with Crippen molar-refractivity contribution in [3.8, 4) is 11.5 Å². The lowest BCUT2D eigenvalue weighted by Gasteiger charge is -2.04. The molecule has 1 N–H and O–H groups in total. The van der Waals surface area contributed by atoms with E-state index in [0.717, 1.165) is 4.90 Å². The largest absolute Gasteiger partial charge is 0.334 e. The molecular formula is C13H17ClN4O3S. The lowest BCUT2D eigenvalue weighted by atomic mass is 10.2. The molecule has 1 aromatic heterocycles. The van der Waals surface area contributed by atoms with Crippen molar-refractivity contribution < 1.29 is 9.45 Å². The van der Waals surface area contributed by atoms with Gasteiger partial charge in [-0.2, -0.15) is 4.98 Å². The lowest BCUT2D eigenvalue weighted by Crippen LogP contribution is -2.24. The molecule has 0 bridgehead atoms. The molecule has 120 valence electrons. The Bertz CT molecular complexity index is 650. The summed E-state index contributed by atoms with van der Waals surface area (Å²) in [4.78, 5) is 15.8. The molecule has 0 saturated heterocycles. The van der Waals surface area contributed by atoms with Gasteiger partial charge in [0.15, 0.2) is 5.82 Å². The van der Waals surface area contributed by atoms with Crippen LogP contribution in [-0.2, 0) is 6.42 Å². The summed E-state index contributed by atoms with van der Waals surface area (Å²) in [7, 11) is 1.85. The number of aromatic nitrogens is 2. The van der Waals surface area contributed by atoms with Crippen LogP contribution in [0.3, 0.4) is 0 Å². The minimum Gasteiger partial charge on any atom is -0.334 e. The van der Waals surface area contributed by atoms with Gasteiger partial charge in [-0.1, -0.05) is 5.16 Å². The van der Waals surface area contributed by atoms with E-state index in [2.05, 4.69) is 15.5 Å². The topological polar surface area (TPSA) is 94.1 Å². The number of nitrogens with one attached hydrogen (secondary N) is 1. The maximum atomic E-state index is 11.1. The number of hydrogen-bond donors (Lipinski definition) is 1. The first-order valence-corrected chi connectivity index (χ1v) is 7.60. The third kappa shape index (κ3) is 4.19. The number of hydrogen-bond acceptors (Lipinski definition) is 7. The molecule has 1 atom stereocenters. The Morgan fingerprint density at radius 3 is 2.82 bits per heavy atom. The minimum atomic E-state index is -0.445. The summed E-state index contributed by atoms with van der Waals surface area (Å²) in [6.45, 7) is 1.99. The van der Waals surface area contributed by atoms with Crippen molar-refractivity contribution in [2.45, 2.75) is 24.3 Å². The number of benzene rings is 1. The number of thioether (sulfide) groups is 1. The molecule has 1 aromatic carbocycles. The highest BCUT2D eigenvalue weighted by atomic mass is 35.5. The van der Waals surface area contributed by atoms with E-state index in [1.54, 1.807) is 12.1 Å². The molecule has 0 aliphatic rings. The second kappa shape index (κ2) is 8.11. The van der Waals surface area contributed by atoms with E-state index in [1.807, 2.05) is 20.2 Å². The maximum absolute atomic E-state index is 11.1. The van der Waals surface area contributed by atoms with Crippen LogP contribution in [-0.4, -0.2) is 34.4 Å². The van der Waals surface area contributed by atoms with E-state index in [-0.39, 0.29) is 30.0 Å². The predicted molar refractivity (Wildman–Crippen MR) is 87.6 cm³/mol. The molecule has 2 rings (SSSR count). The first kappa shape index (κ1) is 18.4. The Morgan fingerprint density at radius 1 is 1.50 bits per heavy atom. The summed E-state index contributed by atoms with van der Waals surface area (Å²) in [5, 5.41) is 18.1. The molecule has 0 aliphatic heterocycles. The van der Waals surface area contributed by atoms with Crippen LogP contribution in [0.15, 0.2) is 27.6 Å². The van der Waals surface area contributed by atoms with Crippen molar-refractivity contribution in [2.24, 2.45) is 0 Å². The van der Waals surface area contributed by atoms with Crippen molar-refractivity contribution in [3.63, 3.8) is 0 Å². The molecule has 0 aliphatic carbocycles. The van der Waals surface area contributed by atoms with E-state index in [4.69, 9.17) is 4.52 Å². The van der Waals surface area contributed by atoms with Crippen LogP contribution in [0.2, 0.25) is 0 Å². The molecule has 9 heteroatoms. The summed E-state index contributed by atoms with van der Waals surface area (Å²) in [5.41, 5.74) is 0.312. The van der Waals surface area contributed by atoms with Gasteiger partial charge in [-0.25, -0.2) is 0 Å². The number of rotatable bonds is 6. The van der Waals surface area contributed by atoms with Gasteiger partial charge in [-0.15, -0.1) is 24.2 Å². The van der Waals surface area contributed by atoms with E-state index in [0.29, 0.717) is 17.8 Å². The van der Waals surface area contributed by atoms with Gasteiger partial charge < -0.3 is 9.84 Å². The quantitative estimate of drug-likeness (QED) is 0.489. The van der Waals surface area contributed by atoms with Crippen LogP contribution in [0.4, 0.5) is 5.69 Å². The molecular weight excluding hydrogens is 328 g/mol. The number of likely N-dealkylation sites (N-methyl/N-ethyl adjacent to an activating group) is 1. The van der Waals surface area contributed by atoms with Gasteiger partial charge in [-0.05, 0) is 32.4 Å². The molecule has 0 saturated carbocycles. The van der Waals surface area contributed by atoms with Crippen molar-refractivity contribution >= 4 is 29.9 Å². The first-order valence-electron chi connectivity index (χ1n) is 6.37. The average Bonchev–Trinajstić information content (AvgIpc) is 2.94. The summed E-state index contributed by atoms with van der Waals surface area (Å²) >= 11 is 1.50. The number of nitro groups is 1. The molecule has 0 amide bonds. The second-order valence-electron chi connectivity index (χ2n) is 4.55. The van der Waals surface area contributed by atoms with Crippen LogP contribution in [0.25, 0.3) is 11.5 Å². The van der Waals surface area contributed by atoms with Gasteiger partial charge >= 0.3 is 0 Å². The van der Waals surface area contributed by atoms with E-state index in [9.17, 15) is 10.1 Å². The SMILES string of the molecule is CNC(C)Cc1noc(-c2cc(SC)ccc2[N+](=O)[O-])n1.Cl. The summed E-state index contributed by atoms with van der Waals surface area (Å²) in [5.74, 6) is 0.701. The van der Waals surface area contributed by atoms with Crippen molar-refractivity contribution in [2.75, 3.05) is 13.3 Å². The fraction of sp³-hybridized carbons (Fsp3) is 0.385. The highest BCUT2D eigenvalue weighted by Crippen LogP contribution is 2.32. The fourth-order valence-corrected chi connectivity index (χ4v) is 2.23. The van der Waals surface area contributed by atoms with Crippen molar-refractivity contribution in [3.05, 3.63) is 34.1 Å². The van der Waals surface area contributed by atoms with E-state index >= 15 is 0 Å². The highest BCUT2D eigenvalue weighted by Gasteiger charge is 2.21. The third-order valence-electron chi connectivity index (χ3n) is 3.08. The van der Waals surface area contributed by atoms with Gasteiger partial charge in [0.1, 0.15) is 5.56 Å². The van der Waals surface area contributed by atoms with Gasteiger partial charge in [0.2, 0.25) is 0 Å². The molecule has 0 spiro atoms. The van der Waals surface area contributed by atoms with Gasteiger partial charge in [-0.3, -0.25) is 10.1 Å². The van der Waals surface area contributed by atoms with Crippen molar-refractivity contribution in [1.29, 1.82) is 0 Å². The van der Waals surface area contributed by atoms with Gasteiger partial charge in [0, 0.05) is 23.4 Å². The molecule has 1 unspecified atom stereocenters. The third-order valence-corrected chi connectivity index (χ3v) is 3.81. The maximum Gasteiger partial charge on any atom is 0.282 e. The Balaban J connectivity index is 0.00000242. The summed E-state index contributed by atoms with van der Waals surface area (Å²) < 4.78 is 5.18. The molecule has 0 radical (unpaired) electrons. The number of nitro benzene ring substituents is 1. The zero-order valence-electron chi connectivity index (χ0n) is 12.4. The lowest BCUT2D eigenvalue weighted by molar-refractivity contribution is -0.384. The van der Waals surface area contributed by atoms with Crippen LogP contribution < -0.4 is 5.32 Å². The normalized spacial score (nSPS) is 11.8. The zero-order chi connectivity index (χ0) is 15.4. The van der Waals surface area contributed by atoms with Gasteiger partial charge in [0.05, 0.1) is 4.92 Å². The van der Waals surface area contributed by atoms with Crippen LogP contribution in [0, 0.1) is 10.1 Å². The monoisotopic (exact) mass is 344 g/mol. The van der Waals surface area contributed by atoms with Gasteiger partial charge in [0.25, 0.3) is 11.6 Å². The summed E-state index contributed by atoms with van der Waals surface area (Å²) in [6, 6.07) is 5.05. The second-order valence-corrected chi connectivity index (χ2v) is 5.43. The highest BCUT2D eigenvalue weighted by molar-refractivity contribution is 7.98. The Kier molecular flexibility index (Phi) is 6.79. The molecule has 1 heterocycles. The van der Waals surface area contributed by atoms with Crippen LogP contribution in [0.5, 0.6) is 0 Å². The number of nitrogens with zero attached hydrogens (tertiary/aromatic N) is 3. The Hall–Kier alpha value is -1.64. The Labute approximate surface area is 138 Å². The number of halogens is 1. The average molecular weight is 345 g/mol. The standard InChI is InChI=1S/C13H16N4O3S.ClH/c1-8(14-2)6-12-15-13(20-16-12)10-7-9(21-3)4-5-11(10)17(18)19;/h4-5,7-8,14H,6H2,1-3H3;1H. The fourth-order valence-electron chi connectivity index (χ4n) is 1.79. The minimum absolute atomic E-state index is 0. The first-order chi connectivity index (χ1) is 10.0. The van der Waals surface area contributed by atoms with E-state index in [1.165, 1.54) is 17.8 Å². The molecule has 2 aromatic rings. The molecule has 22 heavy (non-hydrogen) atoms. The van der Waals surface area contributed by atoms with Crippen LogP contribution >= 0.6 is 24.2 Å². The molecule has 7 nitrogen and oxygen atoms in total. The smallest absolute Gasteiger partial charge is 0.282 e. The Morgan fingerprint density at radius 2 is 2.23 bits per heavy atom. The zero-order valence-corrected chi connectivity index (χ0v) is 14.0.